The van der Waals surface area contributed by atoms with Crippen molar-refractivity contribution in [2.45, 2.75) is 44.7 Å². The summed E-state index contributed by atoms with van der Waals surface area (Å²) in [6.45, 7) is 5.43. The first kappa shape index (κ1) is 24.7. The first-order valence-corrected chi connectivity index (χ1v) is 10.8. The summed E-state index contributed by atoms with van der Waals surface area (Å²) in [7, 11) is 3.91. The van der Waals surface area contributed by atoms with Crippen molar-refractivity contribution in [2.75, 3.05) is 40.3 Å². The Morgan fingerprint density at radius 2 is 2.07 bits per heavy atom. The number of ether oxygens (including phenoxy) is 1. The monoisotopic (exact) mass is 529 g/mol. The highest BCUT2D eigenvalue weighted by molar-refractivity contribution is 14.0. The molecule has 8 heteroatoms. The summed E-state index contributed by atoms with van der Waals surface area (Å²) in [6.07, 6.45) is 3.78. The summed E-state index contributed by atoms with van der Waals surface area (Å²) in [5, 5.41) is 9.78. The van der Waals surface area contributed by atoms with E-state index in [1.807, 2.05) is 12.1 Å². The van der Waals surface area contributed by atoms with Gasteiger partial charge in [-0.05, 0) is 63.4 Å². The van der Waals surface area contributed by atoms with Gasteiger partial charge in [0.15, 0.2) is 5.96 Å². The second kappa shape index (κ2) is 12.3. The molecule has 1 aromatic rings. The summed E-state index contributed by atoms with van der Waals surface area (Å²) >= 11 is 0. The number of amides is 1. The van der Waals surface area contributed by atoms with Crippen LogP contribution in [0, 0.1) is 5.92 Å². The number of guanidine groups is 1. The van der Waals surface area contributed by atoms with Crippen LogP contribution >= 0.6 is 24.0 Å². The lowest BCUT2D eigenvalue weighted by molar-refractivity contribution is -0.122. The van der Waals surface area contributed by atoms with Gasteiger partial charge in [-0.2, -0.15) is 0 Å². The van der Waals surface area contributed by atoms with E-state index >= 15 is 0 Å². The molecular weight excluding hydrogens is 493 g/mol. The van der Waals surface area contributed by atoms with E-state index in [-0.39, 0.29) is 35.9 Å². The van der Waals surface area contributed by atoms with E-state index in [0.717, 1.165) is 37.8 Å². The van der Waals surface area contributed by atoms with Crippen molar-refractivity contribution in [1.82, 2.24) is 20.9 Å². The van der Waals surface area contributed by atoms with Gasteiger partial charge in [0.1, 0.15) is 5.75 Å². The van der Waals surface area contributed by atoms with E-state index in [1.165, 1.54) is 18.4 Å². The normalized spacial score (nSPS) is 25.1. The number of benzene rings is 1. The molecule has 168 valence electrons. The average Bonchev–Trinajstić information content (AvgIpc) is 2.74. The highest BCUT2D eigenvalue weighted by Gasteiger charge is 2.30. The number of hydrogen-bond donors (Lipinski definition) is 3. The second-order valence-corrected chi connectivity index (χ2v) is 8.00. The SMILES string of the molecule is CCNC(=NCC1CCCN(C)C1c1ccc(OC)cc1)NC1CCC(=O)NC1.I. The van der Waals surface area contributed by atoms with Gasteiger partial charge in [-0.3, -0.25) is 14.7 Å². The molecule has 3 unspecified atom stereocenters. The Kier molecular flexibility index (Phi) is 10.2. The predicted molar refractivity (Wildman–Crippen MR) is 132 cm³/mol. The summed E-state index contributed by atoms with van der Waals surface area (Å²) in [4.78, 5) is 18.8. The molecule has 7 nitrogen and oxygen atoms in total. The molecule has 30 heavy (non-hydrogen) atoms. The minimum Gasteiger partial charge on any atom is -0.497 e. The van der Waals surface area contributed by atoms with Crippen molar-refractivity contribution in [3.8, 4) is 5.75 Å². The number of methoxy groups -OCH3 is 1. The van der Waals surface area contributed by atoms with Crippen molar-refractivity contribution in [2.24, 2.45) is 10.9 Å². The predicted octanol–water partition coefficient (Wildman–Crippen LogP) is 2.53. The van der Waals surface area contributed by atoms with Gasteiger partial charge in [-0.25, -0.2) is 0 Å². The van der Waals surface area contributed by atoms with Crippen LogP contribution in [0.15, 0.2) is 29.3 Å². The molecule has 0 bridgehead atoms. The van der Waals surface area contributed by atoms with Crippen molar-refractivity contribution < 1.29 is 9.53 Å². The van der Waals surface area contributed by atoms with Crippen molar-refractivity contribution >= 4 is 35.8 Å². The van der Waals surface area contributed by atoms with Gasteiger partial charge in [0.2, 0.25) is 5.91 Å². The maximum atomic E-state index is 11.4. The number of aliphatic imine (C=N–C) groups is 1. The molecule has 3 atom stereocenters. The van der Waals surface area contributed by atoms with Crippen molar-refractivity contribution in [1.29, 1.82) is 0 Å². The van der Waals surface area contributed by atoms with Gasteiger partial charge >= 0.3 is 0 Å². The van der Waals surface area contributed by atoms with E-state index < -0.39 is 0 Å². The molecule has 0 aliphatic carbocycles. The zero-order valence-electron chi connectivity index (χ0n) is 18.3. The van der Waals surface area contributed by atoms with Crippen LogP contribution in [0.2, 0.25) is 0 Å². The smallest absolute Gasteiger partial charge is 0.220 e. The highest BCUT2D eigenvalue weighted by Crippen LogP contribution is 2.35. The Morgan fingerprint density at radius 3 is 2.70 bits per heavy atom. The van der Waals surface area contributed by atoms with Gasteiger partial charge in [-0.15, -0.1) is 24.0 Å². The number of piperidine rings is 2. The standard InChI is InChI=1S/C22H35N5O2.HI/c1-4-23-22(26-18-9-12-20(28)24-15-18)25-14-17-6-5-13-27(2)21(17)16-7-10-19(29-3)11-8-16;/h7-8,10-11,17-18,21H,4-6,9,12-15H2,1-3H3,(H,24,28)(H2,23,25,26);1H. The Bertz CT molecular complexity index is 687. The number of hydrogen-bond acceptors (Lipinski definition) is 4. The average molecular weight is 529 g/mol. The Labute approximate surface area is 197 Å². The fraction of sp³-hybridized carbons (Fsp3) is 0.636. The molecule has 1 aromatic carbocycles. The maximum absolute atomic E-state index is 11.4. The number of nitrogens with one attached hydrogen (secondary N) is 3. The van der Waals surface area contributed by atoms with Gasteiger partial charge < -0.3 is 20.7 Å². The number of halogens is 1. The molecule has 2 aliphatic rings. The van der Waals surface area contributed by atoms with Crippen LogP contribution in [0.1, 0.15) is 44.2 Å². The molecule has 0 radical (unpaired) electrons. The third-order valence-electron chi connectivity index (χ3n) is 5.90. The quantitative estimate of drug-likeness (QED) is 0.300. The summed E-state index contributed by atoms with van der Waals surface area (Å²) in [6, 6.07) is 9.03. The molecule has 0 saturated carbocycles. The summed E-state index contributed by atoms with van der Waals surface area (Å²) in [5.41, 5.74) is 1.32. The number of nitrogens with zero attached hydrogens (tertiary/aromatic N) is 2. The van der Waals surface area contributed by atoms with Crippen LogP contribution in [0.3, 0.4) is 0 Å². The molecule has 2 heterocycles. The van der Waals surface area contributed by atoms with Gasteiger partial charge in [0.05, 0.1) is 7.11 Å². The third-order valence-corrected chi connectivity index (χ3v) is 5.90. The van der Waals surface area contributed by atoms with Crippen LogP contribution < -0.4 is 20.7 Å². The zero-order chi connectivity index (χ0) is 20.6. The lowest BCUT2D eigenvalue weighted by atomic mass is 9.85. The van der Waals surface area contributed by atoms with Crippen LogP contribution in [-0.2, 0) is 4.79 Å². The molecule has 2 saturated heterocycles. The Hall–Kier alpha value is -1.55. The van der Waals surface area contributed by atoms with Crippen molar-refractivity contribution in [3.63, 3.8) is 0 Å². The molecular formula is C22H36IN5O2. The van der Waals surface area contributed by atoms with Gasteiger partial charge in [-0.1, -0.05) is 12.1 Å². The summed E-state index contributed by atoms with van der Waals surface area (Å²) < 4.78 is 5.32. The summed E-state index contributed by atoms with van der Waals surface area (Å²) in [5.74, 6) is 2.33. The van der Waals surface area contributed by atoms with E-state index in [9.17, 15) is 4.79 Å². The lowest BCUT2D eigenvalue weighted by Crippen LogP contribution is -2.51. The second-order valence-electron chi connectivity index (χ2n) is 8.00. The first-order valence-electron chi connectivity index (χ1n) is 10.8. The number of likely N-dealkylation sites (tertiary alicyclic amines) is 1. The van der Waals surface area contributed by atoms with Crippen LogP contribution in [0.5, 0.6) is 5.75 Å². The maximum Gasteiger partial charge on any atom is 0.220 e. The minimum atomic E-state index is 0. The number of carbonyl (C=O) groups is 1. The molecule has 2 aliphatic heterocycles. The largest absolute Gasteiger partial charge is 0.497 e. The number of rotatable bonds is 6. The van der Waals surface area contributed by atoms with Crippen LogP contribution in [0.25, 0.3) is 0 Å². The molecule has 0 aromatic heterocycles. The number of carbonyl (C=O) groups excluding carboxylic acids is 1. The van der Waals surface area contributed by atoms with Crippen molar-refractivity contribution in [3.05, 3.63) is 29.8 Å². The highest BCUT2D eigenvalue weighted by atomic mass is 127. The van der Waals surface area contributed by atoms with E-state index in [4.69, 9.17) is 9.73 Å². The van der Waals surface area contributed by atoms with Gasteiger partial charge in [0.25, 0.3) is 0 Å². The van der Waals surface area contributed by atoms with E-state index in [0.29, 0.717) is 24.9 Å². The Balaban J connectivity index is 0.00000320. The molecule has 0 spiro atoms. The van der Waals surface area contributed by atoms with E-state index in [1.54, 1.807) is 7.11 Å². The Morgan fingerprint density at radius 1 is 1.30 bits per heavy atom. The molecule has 3 N–H and O–H groups in total. The minimum absolute atomic E-state index is 0. The zero-order valence-corrected chi connectivity index (χ0v) is 20.6. The van der Waals surface area contributed by atoms with Crippen LogP contribution in [0.4, 0.5) is 0 Å². The van der Waals surface area contributed by atoms with Crippen LogP contribution in [-0.4, -0.2) is 63.1 Å². The molecule has 2 fully saturated rings. The van der Waals surface area contributed by atoms with E-state index in [2.05, 4.69) is 47.0 Å². The topological polar surface area (TPSA) is 78.0 Å². The fourth-order valence-corrected chi connectivity index (χ4v) is 4.36. The third kappa shape index (κ3) is 6.73. The van der Waals surface area contributed by atoms with Gasteiger partial charge in [0, 0.05) is 38.1 Å². The fourth-order valence-electron chi connectivity index (χ4n) is 4.36. The lowest BCUT2D eigenvalue weighted by Gasteiger charge is -2.39. The molecule has 1 amide bonds. The first-order chi connectivity index (χ1) is 14.1. The molecule has 3 rings (SSSR count).